The molecule has 1 aromatic heterocycles. The van der Waals surface area contributed by atoms with Gasteiger partial charge in [-0.3, -0.25) is 4.79 Å². The van der Waals surface area contributed by atoms with E-state index in [4.69, 9.17) is 27.9 Å². The SMILES string of the molecule is CC1N(C(=O)c2ccc(C(F)(F)F)cc2)CC(F)OC1(Cn1cncn1)c1ccc(Cl)cc1Cl. The summed E-state index contributed by atoms with van der Waals surface area (Å²) in [5.41, 5.74) is -2.05. The Morgan fingerprint density at radius 3 is 2.50 bits per heavy atom. The van der Waals surface area contributed by atoms with E-state index in [1.807, 2.05) is 0 Å². The molecule has 0 saturated carbocycles. The highest BCUT2D eigenvalue weighted by atomic mass is 35.5. The van der Waals surface area contributed by atoms with Crippen molar-refractivity contribution in [1.82, 2.24) is 19.7 Å². The number of alkyl halides is 4. The fourth-order valence-corrected chi connectivity index (χ4v) is 4.65. The molecule has 1 aliphatic heterocycles. The second-order valence-corrected chi connectivity index (χ2v) is 8.69. The smallest absolute Gasteiger partial charge is 0.331 e. The number of halogens is 6. The van der Waals surface area contributed by atoms with E-state index in [0.717, 1.165) is 24.3 Å². The zero-order chi connectivity index (χ0) is 24.7. The molecule has 34 heavy (non-hydrogen) atoms. The second kappa shape index (κ2) is 9.16. The maximum atomic E-state index is 15.0. The first-order chi connectivity index (χ1) is 16.0. The van der Waals surface area contributed by atoms with Gasteiger partial charge in [0.15, 0.2) is 0 Å². The lowest BCUT2D eigenvalue weighted by Crippen LogP contribution is -2.62. The number of aromatic nitrogens is 3. The van der Waals surface area contributed by atoms with Gasteiger partial charge < -0.3 is 9.64 Å². The summed E-state index contributed by atoms with van der Waals surface area (Å²) in [6, 6.07) is 7.56. The van der Waals surface area contributed by atoms with Gasteiger partial charge in [0.25, 0.3) is 5.91 Å². The van der Waals surface area contributed by atoms with E-state index in [1.165, 1.54) is 28.3 Å². The summed E-state index contributed by atoms with van der Waals surface area (Å²) in [6.07, 6.45) is -3.76. The van der Waals surface area contributed by atoms with Crippen molar-refractivity contribution in [3.63, 3.8) is 0 Å². The first-order valence-electron chi connectivity index (χ1n) is 10.1. The van der Waals surface area contributed by atoms with Gasteiger partial charge in [0, 0.05) is 21.2 Å². The molecule has 1 aliphatic rings. The number of carbonyl (C=O) groups excluding carboxylic acids is 1. The van der Waals surface area contributed by atoms with Gasteiger partial charge in [-0.15, -0.1) is 0 Å². The van der Waals surface area contributed by atoms with Crippen LogP contribution in [0.15, 0.2) is 55.1 Å². The van der Waals surface area contributed by atoms with Gasteiger partial charge >= 0.3 is 6.18 Å². The van der Waals surface area contributed by atoms with Crippen LogP contribution < -0.4 is 0 Å². The minimum Gasteiger partial charge on any atom is -0.331 e. The molecular weight excluding hydrogens is 499 g/mol. The molecule has 6 nitrogen and oxygen atoms in total. The van der Waals surface area contributed by atoms with Gasteiger partial charge in [-0.05, 0) is 43.3 Å². The van der Waals surface area contributed by atoms with Gasteiger partial charge in [0.05, 0.1) is 24.7 Å². The molecule has 0 radical (unpaired) electrons. The molecule has 0 N–H and O–H groups in total. The molecular formula is C22H18Cl2F4N4O2. The summed E-state index contributed by atoms with van der Waals surface area (Å²) in [5.74, 6) is -0.653. The van der Waals surface area contributed by atoms with E-state index in [0.29, 0.717) is 10.6 Å². The highest BCUT2D eigenvalue weighted by Crippen LogP contribution is 2.43. The number of rotatable bonds is 4. The lowest BCUT2D eigenvalue weighted by molar-refractivity contribution is -0.227. The van der Waals surface area contributed by atoms with Crippen LogP contribution in [0.2, 0.25) is 10.0 Å². The molecule has 1 saturated heterocycles. The maximum Gasteiger partial charge on any atom is 0.416 e. The summed E-state index contributed by atoms with van der Waals surface area (Å²) in [7, 11) is 0. The molecule has 12 heteroatoms. The first kappa shape index (κ1) is 24.4. The number of morpholine rings is 1. The van der Waals surface area contributed by atoms with Crippen LogP contribution in [0.4, 0.5) is 17.6 Å². The number of ether oxygens (including phenoxy) is 1. The largest absolute Gasteiger partial charge is 0.416 e. The van der Waals surface area contributed by atoms with Gasteiger partial charge in [0.1, 0.15) is 18.3 Å². The molecule has 2 aromatic carbocycles. The zero-order valence-corrected chi connectivity index (χ0v) is 19.2. The van der Waals surface area contributed by atoms with Gasteiger partial charge in [-0.2, -0.15) is 18.3 Å². The van der Waals surface area contributed by atoms with Crippen molar-refractivity contribution in [2.24, 2.45) is 0 Å². The van der Waals surface area contributed by atoms with Crippen molar-refractivity contribution in [1.29, 1.82) is 0 Å². The number of hydrogen-bond acceptors (Lipinski definition) is 4. The van der Waals surface area contributed by atoms with Gasteiger partial charge in [-0.1, -0.05) is 29.3 Å². The van der Waals surface area contributed by atoms with Crippen molar-refractivity contribution in [3.8, 4) is 0 Å². The third kappa shape index (κ3) is 4.62. The molecule has 1 amide bonds. The Balaban J connectivity index is 1.76. The van der Waals surface area contributed by atoms with Crippen molar-refractivity contribution >= 4 is 29.1 Å². The maximum absolute atomic E-state index is 15.0. The number of carbonyl (C=O) groups is 1. The monoisotopic (exact) mass is 516 g/mol. The lowest BCUT2D eigenvalue weighted by atomic mass is 9.84. The first-order valence-corrected chi connectivity index (χ1v) is 10.8. The molecule has 3 atom stereocenters. The summed E-state index contributed by atoms with van der Waals surface area (Å²) in [4.78, 5) is 18.4. The van der Waals surface area contributed by atoms with Crippen molar-refractivity contribution in [2.45, 2.75) is 37.6 Å². The molecule has 4 rings (SSSR count). The van der Waals surface area contributed by atoms with E-state index in [9.17, 15) is 18.0 Å². The molecule has 3 aromatic rings. The Bertz CT molecular complexity index is 1170. The molecule has 0 bridgehead atoms. The molecule has 2 heterocycles. The van der Waals surface area contributed by atoms with E-state index in [1.54, 1.807) is 19.1 Å². The normalized spacial score (nSPS) is 23.2. The average molecular weight is 517 g/mol. The fraction of sp³-hybridized carbons (Fsp3) is 0.318. The quantitative estimate of drug-likeness (QED) is 0.438. The van der Waals surface area contributed by atoms with Crippen LogP contribution in [0.3, 0.4) is 0 Å². The topological polar surface area (TPSA) is 60.2 Å². The van der Waals surface area contributed by atoms with E-state index < -0.39 is 42.2 Å². The summed E-state index contributed by atoms with van der Waals surface area (Å²) in [5, 5.41) is 4.61. The van der Waals surface area contributed by atoms with Crippen LogP contribution >= 0.6 is 23.2 Å². The van der Waals surface area contributed by atoms with Gasteiger partial charge in [0.2, 0.25) is 6.36 Å². The van der Waals surface area contributed by atoms with Crippen LogP contribution in [0.5, 0.6) is 0 Å². The fourth-order valence-electron chi connectivity index (χ4n) is 4.09. The number of benzene rings is 2. The summed E-state index contributed by atoms with van der Waals surface area (Å²) >= 11 is 12.5. The molecule has 3 unspecified atom stereocenters. The van der Waals surface area contributed by atoms with Crippen LogP contribution in [0.1, 0.15) is 28.4 Å². The predicted octanol–water partition coefficient (Wildman–Crippen LogP) is 5.36. The summed E-state index contributed by atoms with van der Waals surface area (Å²) < 4.78 is 61.1. The Labute approximate surface area is 202 Å². The van der Waals surface area contributed by atoms with Crippen molar-refractivity contribution in [2.75, 3.05) is 6.54 Å². The predicted molar refractivity (Wildman–Crippen MR) is 116 cm³/mol. The van der Waals surface area contributed by atoms with E-state index in [-0.39, 0.29) is 17.1 Å². The van der Waals surface area contributed by atoms with Gasteiger partial charge in [-0.25, -0.2) is 14.1 Å². The minimum absolute atomic E-state index is 0.0224. The number of amides is 1. The standard InChI is InChI=1S/C22H18Cl2F4N4O2/c1-13-21(10-31-12-29-11-30-31,17-7-6-16(23)8-18(17)24)34-19(25)9-32(13)20(33)14-2-4-15(5-3-14)22(26,27)28/h2-8,11-13,19H,9-10H2,1H3. The molecule has 0 aliphatic carbocycles. The van der Waals surface area contributed by atoms with E-state index >= 15 is 4.39 Å². The van der Waals surface area contributed by atoms with Crippen LogP contribution in [0, 0.1) is 0 Å². The average Bonchev–Trinajstić information content (AvgIpc) is 3.28. The highest BCUT2D eigenvalue weighted by Gasteiger charge is 2.51. The third-order valence-electron chi connectivity index (χ3n) is 5.79. The van der Waals surface area contributed by atoms with Crippen LogP contribution in [0.25, 0.3) is 0 Å². The number of hydrogen-bond donors (Lipinski definition) is 0. The Hall–Kier alpha value is -2.69. The van der Waals surface area contributed by atoms with Crippen molar-refractivity contribution < 1.29 is 27.1 Å². The Kier molecular flexibility index (Phi) is 6.58. The molecule has 180 valence electrons. The molecule has 0 spiro atoms. The van der Waals surface area contributed by atoms with Crippen LogP contribution in [-0.2, 0) is 23.1 Å². The highest BCUT2D eigenvalue weighted by molar-refractivity contribution is 6.35. The third-order valence-corrected chi connectivity index (χ3v) is 6.34. The second-order valence-electron chi connectivity index (χ2n) is 7.84. The minimum atomic E-state index is -4.55. The zero-order valence-electron chi connectivity index (χ0n) is 17.6. The Morgan fingerprint density at radius 1 is 1.21 bits per heavy atom. The van der Waals surface area contributed by atoms with Crippen LogP contribution in [-0.4, -0.2) is 44.5 Å². The molecule has 1 fully saturated rings. The van der Waals surface area contributed by atoms with Crippen molar-refractivity contribution in [3.05, 3.63) is 81.9 Å². The summed E-state index contributed by atoms with van der Waals surface area (Å²) in [6.45, 7) is 1.17. The van der Waals surface area contributed by atoms with E-state index in [2.05, 4.69) is 10.1 Å². The number of nitrogens with zero attached hydrogens (tertiary/aromatic N) is 4. The Morgan fingerprint density at radius 2 is 1.91 bits per heavy atom. The lowest BCUT2D eigenvalue weighted by Gasteiger charge is -2.49.